The molecule has 3 atom stereocenters. The Morgan fingerprint density at radius 2 is 2.05 bits per heavy atom. The normalized spacial score (nSPS) is 34.4. The second-order valence-corrected chi connectivity index (χ2v) is 6.89. The third-order valence-electron chi connectivity index (χ3n) is 5.65. The number of rotatable bonds is 4. The molecule has 19 heavy (non-hydrogen) atoms. The van der Waals surface area contributed by atoms with E-state index in [1.165, 1.54) is 57.1 Å². The van der Waals surface area contributed by atoms with Gasteiger partial charge in [0.25, 0.3) is 0 Å². The molecule has 1 N–H and O–H groups in total. The highest BCUT2D eigenvalue weighted by Crippen LogP contribution is 2.44. The van der Waals surface area contributed by atoms with Gasteiger partial charge in [-0.2, -0.15) is 5.10 Å². The van der Waals surface area contributed by atoms with Crippen LogP contribution in [0.15, 0.2) is 12.3 Å². The molecule has 0 aliphatic heterocycles. The molecule has 3 unspecified atom stereocenters. The summed E-state index contributed by atoms with van der Waals surface area (Å²) in [5.41, 5.74) is 1.23. The first-order chi connectivity index (χ1) is 9.38. The van der Waals surface area contributed by atoms with Crippen LogP contribution in [0.3, 0.4) is 0 Å². The minimum absolute atomic E-state index is 0.677. The van der Waals surface area contributed by atoms with Crippen molar-refractivity contribution in [3.63, 3.8) is 0 Å². The lowest BCUT2D eigenvalue weighted by Gasteiger charge is -2.22. The Bertz CT molecular complexity index is 433. The van der Waals surface area contributed by atoms with E-state index in [-0.39, 0.29) is 0 Å². The quantitative estimate of drug-likeness (QED) is 0.899. The molecule has 3 heteroatoms. The molecule has 4 rings (SSSR count). The first kappa shape index (κ1) is 12.0. The Labute approximate surface area is 115 Å². The van der Waals surface area contributed by atoms with Crippen molar-refractivity contribution in [3.05, 3.63) is 18.0 Å². The first-order valence-electron chi connectivity index (χ1n) is 8.16. The highest BCUT2D eigenvalue weighted by Gasteiger charge is 2.39. The van der Waals surface area contributed by atoms with Gasteiger partial charge in [-0.1, -0.05) is 19.3 Å². The van der Waals surface area contributed by atoms with Crippen LogP contribution in [0.25, 0.3) is 0 Å². The second kappa shape index (κ2) is 4.93. The Balaban J connectivity index is 1.33. The summed E-state index contributed by atoms with van der Waals surface area (Å²) in [4.78, 5) is 0. The topological polar surface area (TPSA) is 29.9 Å². The van der Waals surface area contributed by atoms with Crippen molar-refractivity contribution in [2.75, 3.05) is 0 Å². The van der Waals surface area contributed by atoms with Gasteiger partial charge in [0.15, 0.2) is 0 Å². The van der Waals surface area contributed by atoms with Crippen molar-refractivity contribution in [2.45, 2.75) is 70.0 Å². The smallest absolute Gasteiger partial charge is 0.0762 e. The van der Waals surface area contributed by atoms with Crippen LogP contribution in [0.5, 0.6) is 0 Å². The van der Waals surface area contributed by atoms with Crippen LogP contribution in [0.2, 0.25) is 0 Å². The number of aromatic nitrogens is 2. The average molecular weight is 259 g/mol. The molecule has 2 bridgehead atoms. The van der Waals surface area contributed by atoms with Crippen molar-refractivity contribution in [1.82, 2.24) is 15.1 Å². The molecule has 0 amide bonds. The minimum atomic E-state index is 0.677. The highest BCUT2D eigenvalue weighted by molar-refractivity contribution is 5.02. The Kier molecular flexibility index (Phi) is 3.10. The van der Waals surface area contributed by atoms with E-state index in [1.54, 1.807) is 0 Å². The number of fused-ring (bicyclic) bond motifs is 2. The minimum Gasteiger partial charge on any atom is -0.308 e. The zero-order chi connectivity index (χ0) is 12.7. The number of nitrogens with zero attached hydrogens (tertiary/aromatic N) is 2. The Morgan fingerprint density at radius 3 is 2.79 bits per heavy atom. The van der Waals surface area contributed by atoms with E-state index < -0.39 is 0 Å². The van der Waals surface area contributed by atoms with Crippen molar-refractivity contribution in [2.24, 2.45) is 11.8 Å². The van der Waals surface area contributed by atoms with Gasteiger partial charge in [-0.05, 0) is 50.0 Å². The van der Waals surface area contributed by atoms with E-state index in [9.17, 15) is 0 Å². The zero-order valence-corrected chi connectivity index (χ0v) is 11.7. The fraction of sp³-hybridized carbons (Fsp3) is 0.812. The summed E-state index contributed by atoms with van der Waals surface area (Å²) in [6.45, 7) is 0.966. The molecule has 104 valence electrons. The molecule has 1 aromatic rings. The summed E-state index contributed by atoms with van der Waals surface area (Å²) < 4.78 is 2.21. The lowest BCUT2D eigenvalue weighted by Crippen LogP contribution is -2.33. The van der Waals surface area contributed by atoms with Crippen molar-refractivity contribution in [1.29, 1.82) is 0 Å². The fourth-order valence-electron chi connectivity index (χ4n) is 4.57. The fourth-order valence-corrected chi connectivity index (χ4v) is 4.57. The Morgan fingerprint density at radius 1 is 1.16 bits per heavy atom. The third-order valence-corrected chi connectivity index (χ3v) is 5.65. The number of hydrogen-bond donors (Lipinski definition) is 1. The van der Waals surface area contributed by atoms with Crippen LogP contribution in [0, 0.1) is 11.8 Å². The van der Waals surface area contributed by atoms with Gasteiger partial charge in [-0.25, -0.2) is 0 Å². The van der Waals surface area contributed by atoms with Crippen LogP contribution in [-0.2, 0) is 6.54 Å². The molecule has 3 fully saturated rings. The molecule has 3 saturated carbocycles. The molecule has 3 aliphatic rings. The molecular formula is C16H25N3. The summed E-state index contributed by atoms with van der Waals surface area (Å²) in [5, 5.41) is 8.53. The SMILES string of the molecule is c1cn(C2CCCC2)nc1CNC1CC2CCC1C2. The lowest BCUT2D eigenvalue weighted by atomic mass is 9.95. The molecule has 3 aliphatic carbocycles. The van der Waals surface area contributed by atoms with Gasteiger partial charge in [0.05, 0.1) is 11.7 Å². The summed E-state index contributed by atoms with van der Waals surface area (Å²) in [7, 11) is 0. The maximum atomic E-state index is 4.77. The number of hydrogen-bond acceptors (Lipinski definition) is 2. The van der Waals surface area contributed by atoms with Crippen LogP contribution in [0.4, 0.5) is 0 Å². The predicted molar refractivity (Wildman–Crippen MR) is 75.8 cm³/mol. The van der Waals surface area contributed by atoms with Gasteiger partial charge in [0, 0.05) is 18.8 Å². The average Bonchev–Trinajstić information content (AvgIpc) is 3.17. The van der Waals surface area contributed by atoms with Crippen LogP contribution < -0.4 is 5.32 Å². The highest BCUT2D eigenvalue weighted by atomic mass is 15.3. The van der Waals surface area contributed by atoms with Crippen LogP contribution in [-0.4, -0.2) is 15.8 Å². The van der Waals surface area contributed by atoms with Crippen molar-refractivity contribution < 1.29 is 0 Å². The van der Waals surface area contributed by atoms with Crippen molar-refractivity contribution in [3.8, 4) is 0 Å². The molecule has 0 aromatic carbocycles. The molecule has 0 radical (unpaired) electrons. The monoisotopic (exact) mass is 259 g/mol. The third kappa shape index (κ3) is 2.33. The zero-order valence-electron chi connectivity index (χ0n) is 11.7. The van der Waals surface area contributed by atoms with E-state index >= 15 is 0 Å². The van der Waals surface area contributed by atoms with Gasteiger partial charge in [-0.15, -0.1) is 0 Å². The first-order valence-corrected chi connectivity index (χ1v) is 8.16. The van der Waals surface area contributed by atoms with Gasteiger partial charge < -0.3 is 5.32 Å². The predicted octanol–water partition coefficient (Wildman–Crippen LogP) is 3.28. The van der Waals surface area contributed by atoms with E-state index in [4.69, 9.17) is 5.10 Å². The van der Waals surface area contributed by atoms with Gasteiger partial charge >= 0.3 is 0 Å². The lowest BCUT2D eigenvalue weighted by molar-refractivity contribution is 0.348. The molecule has 3 nitrogen and oxygen atoms in total. The standard InChI is InChI=1S/C16H25N3/c1-2-4-15(3-1)19-8-7-14(18-19)11-17-16-10-12-5-6-13(16)9-12/h7-8,12-13,15-17H,1-6,9-11H2. The van der Waals surface area contributed by atoms with E-state index in [0.717, 1.165) is 24.4 Å². The summed E-state index contributed by atoms with van der Waals surface area (Å²) >= 11 is 0. The Hall–Kier alpha value is -0.830. The largest absolute Gasteiger partial charge is 0.308 e. The van der Waals surface area contributed by atoms with Crippen LogP contribution >= 0.6 is 0 Å². The maximum absolute atomic E-state index is 4.77. The summed E-state index contributed by atoms with van der Waals surface area (Å²) in [6, 6.07) is 3.66. The summed E-state index contributed by atoms with van der Waals surface area (Å²) in [5.74, 6) is 1.99. The maximum Gasteiger partial charge on any atom is 0.0762 e. The second-order valence-electron chi connectivity index (χ2n) is 6.89. The number of nitrogens with one attached hydrogen (secondary N) is 1. The van der Waals surface area contributed by atoms with Gasteiger partial charge in [-0.3, -0.25) is 4.68 Å². The van der Waals surface area contributed by atoms with Gasteiger partial charge in [0.2, 0.25) is 0 Å². The molecular weight excluding hydrogens is 234 g/mol. The van der Waals surface area contributed by atoms with E-state index in [1.807, 2.05) is 0 Å². The van der Waals surface area contributed by atoms with E-state index in [2.05, 4.69) is 22.3 Å². The molecule has 1 heterocycles. The van der Waals surface area contributed by atoms with Crippen molar-refractivity contribution >= 4 is 0 Å². The van der Waals surface area contributed by atoms with Crippen LogP contribution in [0.1, 0.15) is 63.1 Å². The van der Waals surface area contributed by atoms with E-state index in [0.29, 0.717) is 6.04 Å². The molecule has 0 saturated heterocycles. The summed E-state index contributed by atoms with van der Waals surface area (Å²) in [6.07, 6.45) is 13.4. The molecule has 1 aromatic heterocycles. The molecule has 0 spiro atoms. The van der Waals surface area contributed by atoms with Gasteiger partial charge in [0.1, 0.15) is 0 Å².